The largest absolute Gasteiger partial charge is 0.385 e. The van der Waals surface area contributed by atoms with Gasteiger partial charge in [-0.3, -0.25) is 9.78 Å². The quantitative estimate of drug-likeness (QED) is 0.768. The summed E-state index contributed by atoms with van der Waals surface area (Å²) in [5.74, 6) is -0.172. The second kappa shape index (κ2) is 8.01. The summed E-state index contributed by atoms with van der Waals surface area (Å²) in [5, 5.41) is 6.05. The Hall–Kier alpha value is -2.40. The number of pyridine rings is 1. The van der Waals surface area contributed by atoms with Gasteiger partial charge in [-0.15, -0.1) is 0 Å². The number of carbonyl (C=O) groups excluding carboxylic acids is 1. The average Bonchev–Trinajstić information content (AvgIpc) is 2.53. The second-order valence-corrected chi connectivity index (χ2v) is 4.56. The van der Waals surface area contributed by atoms with Crippen molar-refractivity contribution in [2.24, 2.45) is 0 Å². The van der Waals surface area contributed by atoms with Crippen molar-refractivity contribution >= 4 is 17.3 Å². The van der Waals surface area contributed by atoms with E-state index in [4.69, 9.17) is 4.74 Å². The number of nitrogens with zero attached hydrogens (tertiary/aromatic N) is 1. The molecule has 2 aromatic rings. The molecule has 1 aromatic carbocycles. The minimum atomic E-state index is -0.172. The highest BCUT2D eigenvalue weighted by Crippen LogP contribution is 2.12. The van der Waals surface area contributed by atoms with Gasteiger partial charge >= 0.3 is 0 Å². The highest BCUT2D eigenvalue weighted by atomic mass is 16.5. The highest BCUT2D eigenvalue weighted by Gasteiger charge is 2.07. The van der Waals surface area contributed by atoms with Crippen LogP contribution < -0.4 is 10.6 Å². The van der Waals surface area contributed by atoms with E-state index in [1.165, 1.54) is 0 Å². The van der Waals surface area contributed by atoms with Crippen molar-refractivity contribution in [1.29, 1.82) is 0 Å². The van der Waals surface area contributed by atoms with E-state index < -0.39 is 0 Å². The molecule has 2 rings (SSSR count). The summed E-state index contributed by atoms with van der Waals surface area (Å²) >= 11 is 0. The van der Waals surface area contributed by atoms with Crippen LogP contribution in [-0.2, 0) is 4.74 Å². The van der Waals surface area contributed by atoms with E-state index >= 15 is 0 Å². The number of para-hydroxylation sites is 1. The first-order valence-corrected chi connectivity index (χ1v) is 6.84. The summed E-state index contributed by atoms with van der Waals surface area (Å²) in [5.41, 5.74) is 2.11. The summed E-state index contributed by atoms with van der Waals surface area (Å²) in [7, 11) is 1.68. The Bertz CT molecular complexity index is 573. The number of anilines is 2. The zero-order chi connectivity index (χ0) is 14.9. The van der Waals surface area contributed by atoms with E-state index in [2.05, 4.69) is 15.6 Å². The number of carbonyl (C=O) groups is 1. The molecule has 0 spiro atoms. The van der Waals surface area contributed by atoms with E-state index in [0.717, 1.165) is 24.3 Å². The first kappa shape index (κ1) is 15.0. The lowest BCUT2D eigenvalue weighted by atomic mass is 10.2. The Balaban J connectivity index is 1.95. The predicted molar refractivity (Wildman–Crippen MR) is 83.6 cm³/mol. The van der Waals surface area contributed by atoms with Crippen molar-refractivity contribution < 1.29 is 9.53 Å². The number of nitrogens with one attached hydrogen (secondary N) is 2. The zero-order valence-corrected chi connectivity index (χ0v) is 12.0. The summed E-state index contributed by atoms with van der Waals surface area (Å²) in [6.45, 7) is 1.48. The smallest absolute Gasteiger partial charge is 0.257 e. The lowest BCUT2D eigenvalue weighted by Crippen LogP contribution is -2.13. The molecule has 2 N–H and O–H groups in total. The first-order chi connectivity index (χ1) is 10.3. The van der Waals surface area contributed by atoms with Crippen molar-refractivity contribution in [3.8, 4) is 0 Å². The van der Waals surface area contributed by atoms with E-state index in [1.54, 1.807) is 25.6 Å². The average molecular weight is 285 g/mol. The van der Waals surface area contributed by atoms with Gasteiger partial charge in [0.05, 0.1) is 11.3 Å². The van der Waals surface area contributed by atoms with Crippen molar-refractivity contribution in [2.45, 2.75) is 6.42 Å². The van der Waals surface area contributed by atoms with Gasteiger partial charge in [-0.25, -0.2) is 0 Å². The first-order valence-electron chi connectivity index (χ1n) is 6.84. The monoisotopic (exact) mass is 285 g/mol. The van der Waals surface area contributed by atoms with Gasteiger partial charge in [-0.2, -0.15) is 0 Å². The van der Waals surface area contributed by atoms with E-state index in [0.29, 0.717) is 12.2 Å². The molecule has 0 aliphatic rings. The molecule has 1 aromatic heterocycles. The fraction of sp³-hybridized carbons (Fsp3) is 0.250. The maximum atomic E-state index is 12.1. The van der Waals surface area contributed by atoms with Crippen molar-refractivity contribution in [2.75, 3.05) is 30.9 Å². The summed E-state index contributed by atoms with van der Waals surface area (Å²) in [6.07, 6.45) is 4.15. The van der Waals surface area contributed by atoms with Gasteiger partial charge in [0.25, 0.3) is 5.91 Å². The molecule has 5 nitrogen and oxygen atoms in total. The van der Waals surface area contributed by atoms with Gasteiger partial charge in [0.2, 0.25) is 0 Å². The molecule has 110 valence electrons. The third-order valence-corrected chi connectivity index (χ3v) is 2.89. The molecule has 0 radical (unpaired) electrons. The van der Waals surface area contributed by atoms with Crippen molar-refractivity contribution in [1.82, 2.24) is 4.98 Å². The Morgan fingerprint density at radius 1 is 1.19 bits per heavy atom. The van der Waals surface area contributed by atoms with Crippen LogP contribution >= 0.6 is 0 Å². The Labute approximate surface area is 124 Å². The summed E-state index contributed by atoms with van der Waals surface area (Å²) in [4.78, 5) is 16.2. The Morgan fingerprint density at radius 2 is 2.00 bits per heavy atom. The zero-order valence-electron chi connectivity index (χ0n) is 12.0. The Morgan fingerprint density at radius 3 is 2.76 bits per heavy atom. The highest BCUT2D eigenvalue weighted by molar-refractivity contribution is 6.04. The van der Waals surface area contributed by atoms with Crippen LogP contribution in [-0.4, -0.2) is 31.2 Å². The summed E-state index contributed by atoms with van der Waals surface area (Å²) < 4.78 is 4.99. The molecule has 1 heterocycles. The maximum Gasteiger partial charge on any atom is 0.257 e. The number of hydrogen-bond acceptors (Lipinski definition) is 4. The standard InChI is InChI=1S/C16H19N3O2/c1-21-9-5-8-18-15-10-13(11-17-12-15)16(20)19-14-6-3-2-4-7-14/h2-4,6-7,10-12,18H,5,8-9H2,1H3,(H,19,20). The molecule has 0 aliphatic heterocycles. The fourth-order valence-corrected chi connectivity index (χ4v) is 1.83. The van der Waals surface area contributed by atoms with Crippen LogP contribution in [0.2, 0.25) is 0 Å². The van der Waals surface area contributed by atoms with Gasteiger partial charge in [0.1, 0.15) is 0 Å². The van der Waals surface area contributed by atoms with Gasteiger partial charge in [0, 0.05) is 38.3 Å². The van der Waals surface area contributed by atoms with E-state index in [-0.39, 0.29) is 5.91 Å². The molecule has 21 heavy (non-hydrogen) atoms. The number of ether oxygens (including phenoxy) is 1. The van der Waals surface area contributed by atoms with Crippen LogP contribution in [0.4, 0.5) is 11.4 Å². The SMILES string of the molecule is COCCCNc1cncc(C(=O)Nc2ccccc2)c1. The van der Waals surface area contributed by atoms with Gasteiger partial charge in [0.15, 0.2) is 0 Å². The van der Waals surface area contributed by atoms with Gasteiger partial charge in [-0.05, 0) is 24.6 Å². The molecule has 0 fully saturated rings. The molecule has 0 unspecified atom stereocenters. The Kier molecular flexibility index (Phi) is 5.72. The van der Waals surface area contributed by atoms with Gasteiger partial charge < -0.3 is 15.4 Å². The minimum Gasteiger partial charge on any atom is -0.385 e. The van der Waals surface area contributed by atoms with Crippen LogP contribution in [0.1, 0.15) is 16.8 Å². The molecule has 0 aliphatic carbocycles. The molecule has 0 saturated heterocycles. The molecular formula is C16H19N3O2. The van der Waals surface area contributed by atoms with Gasteiger partial charge in [-0.1, -0.05) is 18.2 Å². The molecule has 0 saturated carbocycles. The third kappa shape index (κ3) is 4.89. The number of hydrogen-bond donors (Lipinski definition) is 2. The number of amides is 1. The van der Waals surface area contributed by atoms with Crippen molar-refractivity contribution in [3.63, 3.8) is 0 Å². The van der Waals surface area contributed by atoms with E-state index in [1.807, 2.05) is 30.3 Å². The minimum absolute atomic E-state index is 0.172. The molecule has 1 amide bonds. The predicted octanol–water partition coefficient (Wildman–Crippen LogP) is 2.78. The number of rotatable bonds is 7. The normalized spacial score (nSPS) is 10.1. The van der Waals surface area contributed by atoms with Crippen molar-refractivity contribution in [3.05, 3.63) is 54.4 Å². The lowest BCUT2D eigenvalue weighted by Gasteiger charge is -2.08. The fourth-order valence-electron chi connectivity index (χ4n) is 1.83. The van der Waals surface area contributed by atoms with Crippen LogP contribution in [0.25, 0.3) is 0 Å². The topological polar surface area (TPSA) is 63.2 Å². The number of benzene rings is 1. The van der Waals surface area contributed by atoms with Crippen LogP contribution in [0, 0.1) is 0 Å². The lowest BCUT2D eigenvalue weighted by molar-refractivity contribution is 0.102. The third-order valence-electron chi connectivity index (χ3n) is 2.89. The number of methoxy groups -OCH3 is 1. The maximum absolute atomic E-state index is 12.1. The van der Waals surface area contributed by atoms with E-state index in [9.17, 15) is 4.79 Å². The van der Waals surface area contributed by atoms with Crippen LogP contribution in [0.15, 0.2) is 48.8 Å². The summed E-state index contributed by atoms with van der Waals surface area (Å²) in [6, 6.07) is 11.1. The number of aromatic nitrogens is 1. The molecule has 0 bridgehead atoms. The molecule has 0 atom stereocenters. The molecular weight excluding hydrogens is 266 g/mol. The van der Waals surface area contributed by atoms with Crippen LogP contribution in [0.3, 0.4) is 0 Å². The molecule has 5 heteroatoms. The second-order valence-electron chi connectivity index (χ2n) is 4.56. The van der Waals surface area contributed by atoms with Crippen LogP contribution in [0.5, 0.6) is 0 Å².